The summed E-state index contributed by atoms with van der Waals surface area (Å²) in [4.78, 5) is 43.5. The Morgan fingerprint density at radius 2 is 1.77 bits per heavy atom. The second kappa shape index (κ2) is 17.2. The number of hydrogen-bond donors (Lipinski definition) is 3. The highest BCUT2D eigenvalue weighted by molar-refractivity contribution is 7.92. The van der Waals surface area contributed by atoms with Gasteiger partial charge in [-0.25, -0.2) is 17.6 Å². The van der Waals surface area contributed by atoms with Crippen molar-refractivity contribution in [2.75, 3.05) is 57.8 Å². The number of likely N-dealkylation sites (tertiary alicyclic amines) is 2. The maximum atomic E-state index is 14.9. The molecule has 5 atom stereocenters. The zero-order valence-electron chi connectivity index (χ0n) is 32.9. The smallest absolute Gasteiger partial charge is 0.407 e. The first-order valence-electron chi connectivity index (χ1n) is 20.0. The maximum Gasteiger partial charge on any atom is 0.407 e. The molecule has 3 saturated heterocycles. The Balaban J connectivity index is 1.10. The summed E-state index contributed by atoms with van der Waals surface area (Å²) in [6.45, 7) is 10.2. The van der Waals surface area contributed by atoms with Crippen molar-refractivity contribution in [2.45, 2.75) is 98.5 Å². The van der Waals surface area contributed by atoms with Crippen LogP contribution >= 0.6 is 0 Å². The number of rotatable bonds is 13. The lowest BCUT2D eigenvalue weighted by Crippen LogP contribution is -2.67. The van der Waals surface area contributed by atoms with E-state index >= 15 is 0 Å². The van der Waals surface area contributed by atoms with Gasteiger partial charge >= 0.3 is 6.09 Å². The number of alkyl carbamates (subject to hydrolysis) is 1. The van der Waals surface area contributed by atoms with Crippen LogP contribution in [0, 0.1) is 17.7 Å². The number of carbonyl (C=O) groups excluding carboxylic acids is 3. The molecule has 1 saturated carbocycles. The molecule has 4 fully saturated rings. The fourth-order valence-electron chi connectivity index (χ4n) is 10.2. The van der Waals surface area contributed by atoms with E-state index in [2.05, 4.69) is 22.1 Å². The average molecular weight is 796 g/mol. The fourth-order valence-corrected chi connectivity index (χ4v) is 11.9. The lowest BCUT2D eigenvalue weighted by Gasteiger charge is -2.53. The highest BCUT2D eigenvalue weighted by Gasteiger charge is 2.53. The van der Waals surface area contributed by atoms with Crippen LogP contribution in [0.15, 0.2) is 66.1 Å². The summed E-state index contributed by atoms with van der Waals surface area (Å²) in [6, 6.07) is 13.3. The van der Waals surface area contributed by atoms with Crippen molar-refractivity contribution in [3.8, 4) is 0 Å². The third kappa shape index (κ3) is 8.62. The number of β-amino-alcohol motifs (C(OH)–C–C–N with tert-alkyl or cyclic N) is 1. The SMILES string of the molecule is C=CC(=O)N1C[C@H](S(=O)(=O)c2ccc(N3CC(O)(CN4CCC([C@@](CNC(C)=O)(c5cccc(F)c5)[C@H]5CCC[C@@H]5NC(=O)OC)CC4)C3)cc2)CC[C@H]1CC. The van der Waals surface area contributed by atoms with Gasteiger partial charge in [0, 0.05) is 62.8 Å². The van der Waals surface area contributed by atoms with E-state index in [9.17, 15) is 32.3 Å². The number of nitrogens with one attached hydrogen (secondary N) is 2. The van der Waals surface area contributed by atoms with Gasteiger partial charge in [0.15, 0.2) is 9.84 Å². The van der Waals surface area contributed by atoms with Gasteiger partial charge in [0.05, 0.1) is 17.3 Å². The number of piperidine rings is 2. The molecule has 0 aromatic heterocycles. The zero-order valence-corrected chi connectivity index (χ0v) is 33.7. The molecule has 3 N–H and O–H groups in total. The van der Waals surface area contributed by atoms with Crippen LogP contribution in [0.1, 0.15) is 70.8 Å². The molecule has 3 aliphatic heterocycles. The van der Waals surface area contributed by atoms with Crippen LogP contribution in [-0.4, -0.2) is 117 Å². The Morgan fingerprint density at radius 3 is 2.39 bits per heavy atom. The van der Waals surface area contributed by atoms with Gasteiger partial charge in [0.2, 0.25) is 11.8 Å². The van der Waals surface area contributed by atoms with E-state index in [4.69, 9.17) is 4.74 Å². The van der Waals surface area contributed by atoms with Crippen LogP contribution in [0.3, 0.4) is 0 Å². The monoisotopic (exact) mass is 795 g/mol. The quantitative estimate of drug-likeness (QED) is 0.251. The standard InChI is InChI=1S/C42H58FN5O7S/c1-5-33-13-18-36(24-48(33)39(50)6-2)56(53,54)35-16-14-34(15-17-35)47-27-41(52,28-47)26-46-21-19-30(20-22-46)42(25-44-29(3)49,31-9-7-10-32(43)23-31)37-11-8-12-38(37)45-40(51)55-4/h6-7,9-10,14-17,23,30,33,36-38,52H,2,5,8,11-13,18-22,24-28H2,1,3-4H3,(H,44,49)(H,45,51)/t33-,36-,37+,38+,42+/m1/s1. The Labute approximate surface area is 330 Å². The van der Waals surface area contributed by atoms with Gasteiger partial charge in [-0.3, -0.25) is 9.59 Å². The van der Waals surface area contributed by atoms with Gasteiger partial charge in [-0.15, -0.1) is 0 Å². The van der Waals surface area contributed by atoms with Gasteiger partial charge in [-0.2, -0.15) is 0 Å². The van der Waals surface area contributed by atoms with E-state index in [0.29, 0.717) is 52.1 Å². The number of methoxy groups -OCH3 is 1. The molecule has 0 radical (unpaired) electrons. The molecule has 0 bridgehead atoms. The van der Waals surface area contributed by atoms with E-state index in [-0.39, 0.29) is 53.0 Å². The van der Waals surface area contributed by atoms with Gasteiger partial charge in [0.1, 0.15) is 11.4 Å². The van der Waals surface area contributed by atoms with Crippen LogP contribution in [0.4, 0.5) is 14.9 Å². The van der Waals surface area contributed by atoms with Crippen molar-refractivity contribution in [3.05, 3.63) is 72.6 Å². The molecular formula is C42H58FN5O7S. The highest BCUT2D eigenvalue weighted by Crippen LogP contribution is 2.50. The van der Waals surface area contributed by atoms with Gasteiger partial charge < -0.3 is 35.2 Å². The molecule has 12 nitrogen and oxygen atoms in total. The van der Waals surface area contributed by atoms with E-state index < -0.39 is 32.2 Å². The third-order valence-electron chi connectivity index (χ3n) is 13.0. The first-order valence-corrected chi connectivity index (χ1v) is 21.6. The van der Waals surface area contributed by atoms with E-state index in [1.807, 2.05) is 17.9 Å². The number of amides is 3. The van der Waals surface area contributed by atoms with Crippen molar-refractivity contribution in [3.63, 3.8) is 0 Å². The first-order chi connectivity index (χ1) is 26.7. The summed E-state index contributed by atoms with van der Waals surface area (Å²) in [5, 5.41) is 17.1. The van der Waals surface area contributed by atoms with Crippen molar-refractivity contribution >= 4 is 33.4 Å². The summed E-state index contributed by atoms with van der Waals surface area (Å²) in [5.41, 5.74) is 0.0420. The molecule has 4 aliphatic rings. The van der Waals surface area contributed by atoms with Crippen molar-refractivity contribution in [1.82, 2.24) is 20.4 Å². The topological polar surface area (TPSA) is 149 Å². The lowest BCUT2D eigenvalue weighted by atomic mass is 9.58. The van der Waals surface area contributed by atoms with E-state index in [1.165, 1.54) is 26.2 Å². The Hall–Kier alpha value is -4.01. The molecule has 306 valence electrons. The molecule has 0 unspecified atom stereocenters. The highest BCUT2D eigenvalue weighted by atomic mass is 32.2. The van der Waals surface area contributed by atoms with Crippen LogP contribution in [0.25, 0.3) is 0 Å². The predicted molar refractivity (Wildman–Crippen MR) is 212 cm³/mol. The predicted octanol–water partition coefficient (Wildman–Crippen LogP) is 4.42. The molecule has 0 spiro atoms. The third-order valence-corrected chi connectivity index (χ3v) is 15.2. The summed E-state index contributed by atoms with van der Waals surface area (Å²) in [5.74, 6) is -0.766. The van der Waals surface area contributed by atoms with Crippen molar-refractivity contribution in [1.29, 1.82) is 0 Å². The number of benzene rings is 2. The van der Waals surface area contributed by atoms with Gasteiger partial charge in [-0.05, 0) is 118 Å². The normalized spacial score (nSPS) is 25.4. The van der Waals surface area contributed by atoms with Crippen LogP contribution in [-0.2, 0) is 29.6 Å². The summed E-state index contributed by atoms with van der Waals surface area (Å²) in [6.07, 6.45) is 6.59. The lowest BCUT2D eigenvalue weighted by molar-refractivity contribution is -0.129. The van der Waals surface area contributed by atoms with E-state index in [0.717, 1.165) is 49.8 Å². The molecule has 3 heterocycles. The molecule has 1 aliphatic carbocycles. The minimum atomic E-state index is -3.67. The number of aliphatic hydroxyl groups is 1. The number of carbonyl (C=O) groups is 3. The maximum absolute atomic E-state index is 14.9. The summed E-state index contributed by atoms with van der Waals surface area (Å²) in [7, 11) is -2.33. The van der Waals surface area contributed by atoms with Crippen molar-refractivity contribution in [2.24, 2.45) is 11.8 Å². The van der Waals surface area contributed by atoms with Crippen LogP contribution in [0.2, 0.25) is 0 Å². The number of ether oxygens (including phenoxy) is 1. The summed E-state index contributed by atoms with van der Waals surface area (Å²) < 4.78 is 47.2. The molecule has 2 aromatic carbocycles. The summed E-state index contributed by atoms with van der Waals surface area (Å²) >= 11 is 0. The Morgan fingerprint density at radius 1 is 1.05 bits per heavy atom. The number of anilines is 1. The molecule has 2 aromatic rings. The van der Waals surface area contributed by atoms with Crippen LogP contribution in [0.5, 0.6) is 0 Å². The molecular weight excluding hydrogens is 738 g/mol. The minimum absolute atomic E-state index is 0.0104. The van der Waals surface area contributed by atoms with Crippen molar-refractivity contribution < 1.29 is 37.0 Å². The van der Waals surface area contributed by atoms with E-state index in [1.54, 1.807) is 41.3 Å². The second-order valence-electron chi connectivity index (χ2n) is 16.4. The fraction of sp³-hybridized carbons (Fsp3) is 0.595. The van der Waals surface area contributed by atoms with Crippen LogP contribution < -0.4 is 15.5 Å². The Bertz CT molecular complexity index is 1850. The molecule has 14 heteroatoms. The molecule has 56 heavy (non-hydrogen) atoms. The number of nitrogens with zero attached hydrogens (tertiary/aromatic N) is 3. The second-order valence-corrected chi connectivity index (χ2v) is 18.6. The number of halogens is 1. The zero-order chi connectivity index (χ0) is 40.3. The first kappa shape index (κ1) is 41.6. The average Bonchev–Trinajstić information content (AvgIpc) is 3.65. The number of hydrogen-bond acceptors (Lipinski definition) is 9. The Kier molecular flexibility index (Phi) is 12.8. The largest absolute Gasteiger partial charge is 0.453 e. The molecule has 3 amide bonds. The number of sulfone groups is 1. The van der Waals surface area contributed by atoms with Gasteiger partial charge in [-0.1, -0.05) is 32.1 Å². The van der Waals surface area contributed by atoms with Gasteiger partial charge in [0.25, 0.3) is 0 Å². The minimum Gasteiger partial charge on any atom is -0.453 e. The molecule has 6 rings (SSSR count).